The highest BCUT2D eigenvalue weighted by atomic mass is 16.4. The zero-order chi connectivity index (χ0) is 18.3. The minimum absolute atomic E-state index is 0.0972. The molecule has 0 aliphatic carbocycles. The summed E-state index contributed by atoms with van der Waals surface area (Å²) in [6, 6.07) is 0. The van der Waals surface area contributed by atoms with E-state index in [-0.39, 0.29) is 13.0 Å². The summed E-state index contributed by atoms with van der Waals surface area (Å²) in [4.78, 5) is 10.3. The number of nitrogens with two attached hydrogens (primary N) is 1. The van der Waals surface area contributed by atoms with Crippen LogP contribution < -0.4 is 5.73 Å². The first kappa shape index (κ1) is 24.6. The van der Waals surface area contributed by atoms with Crippen molar-refractivity contribution in [2.45, 2.75) is 58.3 Å². The van der Waals surface area contributed by atoms with Crippen LogP contribution in [0.25, 0.3) is 0 Å². The third-order valence-electron chi connectivity index (χ3n) is 2.86. The SMILES string of the molecule is CC/C=C\C/C=C\C/C=C\C/C=C\CCCCC(=O)O.NCCO. The van der Waals surface area contributed by atoms with Crippen molar-refractivity contribution in [1.82, 2.24) is 0 Å². The van der Waals surface area contributed by atoms with E-state index in [1.54, 1.807) is 0 Å². The van der Waals surface area contributed by atoms with Gasteiger partial charge < -0.3 is 15.9 Å². The van der Waals surface area contributed by atoms with Gasteiger partial charge in [-0.2, -0.15) is 0 Å². The third-order valence-corrected chi connectivity index (χ3v) is 2.86. The van der Waals surface area contributed by atoms with Crippen molar-refractivity contribution in [2.75, 3.05) is 13.2 Å². The van der Waals surface area contributed by atoms with E-state index in [1.165, 1.54) is 0 Å². The normalized spacial score (nSPS) is 11.6. The number of hydrogen-bond acceptors (Lipinski definition) is 3. The van der Waals surface area contributed by atoms with Crippen LogP contribution in [-0.4, -0.2) is 29.3 Å². The average molecular weight is 338 g/mol. The van der Waals surface area contributed by atoms with Crippen LogP contribution in [0.5, 0.6) is 0 Å². The fourth-order valence-corrected chi connectivity index (χ4v) is 1.64. The number of carboxylic acid groups (broad SMARTS) is 1. The molecule has 4 nitrogen and oxygen atoms in total. The van der Waals surface area contributed by atoms with Crippen LogP contribution in [0, 0.1) is 0 Å². The maximum atomic E-state index is 10.3. The Morgan fingerprint density at radius 1 is 0.875 bits per heavy atom. The van der Waals surface area contributed by atoms with Crippen LogP contribution >= 0.6 is 0 Å². The molecule has 0 aromatic heterocycles. The van der Waals surface area contributed by atoms with Gasteiger partial charge in [-0.25, -0.2) is 0 Å². The van der Waals surface area contributed by atoms with Gasteiger partial charge in [-0.3, -0.25) is 4.79 Å². The quantitative estimate of drug-likeness (QED) is 0.344. The second kappa shape index (κ2) is 23.6. The molecule has 0 aromatic carbocycles. The third kappa shape index (κ3) is 28.5. The Balaban J connectivity index is 0. The summed E-state index contributed by atoms with van der Waals surface area (Å²) in [5, 5.41) is 16.2. The molecule has 0 unspecified atom stereocenters. The molecular weight excluding hydrogens is 302 g/mol. The standard InChI is InChI=1S/C18H28O2.C2H7NO/c1-2-3-4-5-6-7-8-9-10-11-12-13-14-15-16-17-18(19)20;3-1-2-4/h3-4,6-7,9-10,12-13H,2,5,8,11,14-17H2,1H3,(H,19,20);4H,1-3H2/b4-3-,7-6-,10-9-,13-12-;. The first-order valence-electron chi connectivity index (χ1n) is 8.81. The Hall–Kier alpha value is -1.65. The van der Waals surface area contributed by atoms with E-state index in [0.29, 0.717) is 6.54 Å². The smallest absolute Gasteiger partial charge is 0.303 e. The van der Waals surface area contributed by atoms with E-state index in [0.717, 1.165) is 44.9 Å². The molecule has 0 aliphatic rings. The van der Waals surface area contributed by atoms with Gasteiger partial charge in [0, 0.05) is 13.0 Å². The lowest BCUT2D eigenvalue weighted by Gasteiger charge is -1.92. The summed E-state index contributed by atoms with van der Waals surface area (Å²) in [7, 11) is 0. The molecule has 0 aromatic rings. The van der Waals surface area contributed by atoms with Crippen LogP contribution in [0.3, 0.4) is 0 Å². The number of unbranched alkanes of at least 4 members (excludes halogenated alkanes) is 2. The monoisotopic (exact) mass is 337 g/mol. The number of aliphatic hydroxyl groups is 1. The van der Waals surface area contributed by atoms with Gasteiger partial charge in [0.1, 0.15) is 0 Å². The van der Waals surface area contributed by atoms with E-state index in [4.69, 9.17) is 15.9 Å². The second-order valence-electron chi connectivity index (χ2n) is 5.15. The van der Waals surface area contributed by atoms with Gasteiger partial charge in [-0.1, -0.05) is 55.5 Å². The van der Waals surface area contributed by atoms with Crippen molar-refractivity contribution >= 4 is 5.97 Å². The zero-order valence-electron chi connectivity index (χ0n) is 15.1. The number of carboxylic acids is 1. The summed E-state index contributed by atoms with van der Waals surface area (Å²) >= 11 is 0. The van der Waals surface area contributed by atoms with Gasteiger partial charge in [-0.15, -0.1) is 0 Å². The van der Waals surface area contributed by atoms with Crippen molar-refractivity contribution in [2.24, 2.45) is 5.73 Å². The van der Waals surface area contributed by atoms with E-state index in [1.807, 2.05) is 0 Å². The predicted octanol–water partition coefficient (Wildman–Crippen LogP) is 4.37. The topological polar surface area (TPSA) is 83.5 Å². The maximum absolute atomic E-state index is 10.3. The van der Waals surface area contributed by atoms with Crippen LogP contribution in [0.1, 0.15) is 58.3 Å². The molecule has 0 rings (SSSR count). The Morgan fingerprint density at radius 3 is 1.75 bits per heavy atom. The summed E-state index contributed by atoms with van der Waals surface area (Å²) < 4.78 is 0. The van der Waals surface area contributed by atoms with Gasteiger partial charge >= 0.3 is 5.97 Å². The van der Waals surface area contributed by atoms with Gasteiger partial charge in [0.05, 0.1) is 6.61 Å². The summed E-state index contributed by atoms with van der Waals surface area (Å²) in [5.74, 6) is -0.699. The number of allylic oxidation sites excluding steroid dienone is 8. The number of aliphatic carboxylic acids is 1. The summed E-state index contributed by atoms with van der Waals surface area (Å²) in [6.45, 7) is 2.61. The predicted molar refractivity (Wildman–Crippen MR) is 103 cm³/mol. The summed E-state index contributed by atoms with van der Waals surface area (Å²) in [6.07, 6.45) is 24.4. The molecule has 0 spiro atoms. The number of rotatable bonds is 13. The molecule has 24 heavy (non-hydrogen) atoms. The highest BCUT2D eigenvalue weighted by Gasteiger charge is 1.93. The highest BCUT2D eigenvalue weighted by Crippen LogP contribution is 2.01. The lowest BCUT2D eigenvalue weighted by atomic mass is 10.2. The Morgan fingerprint density at radius 2 is 1.33 bits per heavy atom. The van der Waals surface area contributed by atoms with Crippen molar-refractivity contribution in [3.8, 4) is 0 Å². The van der Waals surface area contributed by atoms with Gasteiger partial charge in [0.25, 0.3) is 0 Å². The van der Waals surface area contributed by atoms with Crippen molar-refractivity contribution in [3.05, 3.63) is 48.6 Å². The number of hydrogen-bond donors (Lipinski definition) is 3. The van der Waals surface area contributed by atoms with E-state index in [2.05, 4.69) is 55.5 Å². The van der Waals surface area contributed by atoms with Crippen molar-refractivity contribution in [3.63, 3.8) is 0 Å². The number of aliphatic hydroxyl groups excluding tert-OH is 1. The Labute approximate surface area is 147 Å². The molecule has 0 heterocycles. The van der Waals surface area contributed by atoms with Crippen LogP contribution in [0.15, 0.2) is 48.6 Å². The van der Waals surface area contributed by atoms with E-state index in [9.17, 15) is 4.79 Å². The van der Waals surface area contributed by atoms with Crippen LogP contribution in [0.2, 0.25) is 0 Å². The van der Waals surface area contributed by atoms with Gasteiger partial charge in [0.2, 0.25) is 0 Å². The molecule has 4 heteroatoms. The summed E-state index contributed by atoms with van der Waals surface area (Å²) in [5.41, 5.74) is 4.78. The molecule has 0 amide bonds. The van der Waals surface area contributed by atoms with Crippen molar-refractivity contribution in [1.29, 1.82) is 0 Å². The first-order valence-corrected chi connectivity index (χ1v) is 8.81. The fraction of sp³-hybridized carbons (Fsp3) is 0.550. The average Bonchev–Trinajstić information content (AvgIpc) is 2.58. The van der Waals surface area contributed by atoms with Crippen molar-refractivity contribution < 1.29 is 15.0 Å². The van der Waals surface area contributed by atoms with Gasteiger partial charge in [0.15, 0.2) is 0 Å². The molecular formula is C20H35NO3. The molecule has 0 atom stereocenters. The fourth-order valence-electron chi connectivity index (χ4n) is 1.64. The Kier molecular flexibility index (Phi) is 24.2. The zero-order valence-corrected chi connectivity index (χ0v) is 15.1. The molecule has 0 fully saturated rings. The maximum Gasteiger partial charge on any atom is 0.303 e. The second-order valence-corrected chi connectivity index (χ2v) is 5.15. The van der Waals surface area contributed by atoms with Crippen LogP contribution in [0.4, 0.5) is 0 Å². The molecule has 0 bridgehead atoms. The first-order chi connectivity index (χ1) is 11.7. The highest BCUT2D eigenvalue weighted by molar-refractivity contribution is 5.66. The Bertz CT molecular complexity index is 369. The molecule has 0 aliphatic heterocycles. The largest absolute Gasteiger partial charge is 0.481 e. The molecule has 0 saturated carbocycles. The molecule has 0 radical (unpaired) electrons. The van der Waals surface area contributed by atoms with E-state index >= 15 is 0 Å². The molecule has 0 saturated heterocycles. The van der Waals surface area contributed by atoms with Gasteiger partial charge in [-0.05, 0) is 44.9 Å². The van der Waals surface area contributed by atoms with Crippen LogP contribution in [-0.2, 0) is 4.79 Å². The number of carbonyl (C=O) groups is 1. The van der Waals surface area contributed by atoms with E-state index < -0.39 is 5.97 Å². The minimum atomic E-state index is -0.699. The minimum Gasteiger partial charge on any atom is -0.481 e. The lowest BCUT2D eigenvalue weighted by molar-refractivity contribution is -0.137. The molecule has 4 N–H and O–H groups in total. The molecule has 138 valence electrons. The lowest BCUT2D eigenvalue weighted by Crippen LogP contribution is -2.02.